The number of carbonyl (C=O) groups is 1. The lowest BCUT2D eigenvalue weighted by Crippen LogP contribution is -2.69. The summed E-state index contributed by atoms with van der Waals surface area (Å²) >= 11 is 1.56. The Kier molecular flexibility index (Phi) is 3.80. The Morgan fingerprint density at radius 1 is 1.23 bits per heavy atom. The SMILES string of the molecule is CC1(C)[C@H](NC(=O)c2cc3cccc(OC4CC4)c3s2)C2CCN1CC2. The fourth-order valence-corrected chi connectivity index (χ4v) is 5.71. The zero-order valence-electron chi connectivity index (χ0n) is 15.5. The second-order valence-corrected chi connectivity index (χ2v) is 9.58. The van der Waals surface area contributed by atoms with Crippen LogP contribution < -0.4 is 10.1 Å². The van der Waals surface area contributed by atoms with Gasteiger partial charge >= 0.3 is 0 Å². The van der Waals surface area contributed by atoms with Crippen molar-refractivity contribution in [2.24, 2.45) is 5.92 Å². The topological polar surface area (TPSA) is 41.6 Å². The van der Waals surface area contributed by atoms with Crippen molar-refractivity contribution in [2.45, 2.75) is 57.2 Å². The van der Waals surface area contributed by atoms with Gasteiger partial charge in [-0.25, -0.2) is 0 Å². The molecule has 0 spiro atoms. The van der Waals surface area contributed by atoms with Gasteiger partial charge in [0, 0.05) is 11.6 Å². The minimum Gasteiger partial charge on any atom is -0.489 e. The Labute approximate surface area is 158 Å². The molecular weight excluding hydrogens is 344 g/mol. The highest BCUT2D eigenvalue weighted by Crippen LogP contribution is 2.40. The van der Waals surface area contributed by atoms with Crippen LogP contribution in [0, 0.1) is 5.92 Å². The van der Waals surface area contributed by atoms with Crippen LogP contribution in [0.5, 0.6) is 5.75 Å². The highest BCUT2D eigenvalue weighted by atomic mass is 32.1. The van der Waals surface area contributed by atoms with Crippen molar-refractivity contribution < 1.29 is 9.53 Å². The number of rotatable bonds is 4. The Balaban J connectivity index is 1.40. The molecule has 26 heavy (non-hydrogen) atoms. The van der Waals surface area contributed by atoms with Gasteiger partial charge in [-0.2, -0.15) is 0 Å². The molecule has 1 amide bonds. The zero-order chi connectivity index (χ0) is 17.9. The second-order valence-electron chi connectivity index (χ2n) is 8.53. The van der Waals surface area contributed by atoms with E-state index in [9.17, 15) is 4.79 Å². The number of ether oxygens (including phenoxy) is 1. The third kappa shape index (κ3) is 2.72. The highest BCUT2D eigenvalue weighted by molar-refractivity contribution is 7.21. The van der Waals surface area contributed by atoms with Gasteiger partial charge in [0.05, 0.1) is 15.7 Å². The third-order valence-corrected chi connectivity index (χ3v) is 7.59. The average Bonchev–Trinajstić information content (AvgIpc) is 3.33. The molecule has 1 N–H and O–H groups in total. The summed E-state index contributed by atoms with van der Waals surface area (Å²) in [6.07, 6.45) is 5.04. The molecule has 1 saturated carbocycles. The number of nitrogens with one attached hydrogen (secondary N) is 1. The van der Waals surface area contributed by atoms with Gasteiger partial charge in [-0.3, -0.25) is 9.69 Å². The molecule has 4 aliphatic rings. The van der Waals surface area contributed by atoms with Crippen molar-refractivity contribution in [1.29, 1.82) is 0 Å². The predicted octanol–water partition coefficient (Wildman–Crippen LogP) is 4.05. The summed E-state index contributed by atoms with van der Waals surface area (Å²) in [4.78, 5) is 16.4. The number of amides is 1. The molecule has 1 aromatic carbocycles. The molecule has 2 aromatic rings. The predicted molar refractivity (Wildman–Crippen MR) is 105 cm³/mol. The molecule has 0 radical (unpaired) electrons. The van der Waals surface area contributed by atoms with Crippen LogP contribution in [0.2, 0.25) is 0 Å². The first kappa shape index (κ1) is 16.6. The van der Waals surface area contributed by atoms with E-state index in [1.807, 2.05) is 18.2 Å². The summed E-state index contributed by atoms with van der Waals surface area (Å²) in [5.74, 6) is 1.59. The van der Waals surface area contributed by atoms with Gasteiger partial charge in [0.25, 0.3) is 5.91 Å². The number of nitrogens with zero attached hydrogens (tertiary/aromatic N) is 1. The standard InChI is InChI=1S/C21H26N2O2S/c1-21(2)19(13-8-10-23(21)11-9-13)22-20(24)17-12-14-4-3-5-16(18(14)26-17)25-15-6-7-15/h3-5,12-13,15,19H,6-11H2,1-2H3,(H,22,24)/t19-/m1/s1. The third-order valence-electron chi connectivity index (χ3n) is 6.42. The van der Waals surface area contributed by atoms with E-state index < -0.39 is 0 Å². The Morgan fingerprint density at radius 3 is 2.69 bits per heavy atom. The normalized spacial score (nSPS) is 29.7. The van der Waals surface area contributed by atoms with E-state index in [4.69, 9.17) is 4.74 Å². The van der Waals surface area contributed by atoms with Crippen LogP contribution in [0.4, 0.5) is 0 Å². The summed E-state index contributed by atoms with van der Waals surface area (Å²) in [5, 5.41) is 4.48. The molecule has 6 rings (SSSR count). The lowest BCUT2D eigenvalue weighted by Gasteiger charge is -2.56. The van der Waals surface area contributed by atoms with E-state index in [0.717, 1.165) is 46.6 Å². The number of carbonyl (C=O) groups excluding carboxylic acids is 1. The average molecular weight is 371 g/mol. The maximum Gasteiger partial charge on any atom is 0.261 e. The van der Waals surface area contributed by atoms with Crippen molar-refractivity contribution in [2.75, 3.05) is 13.1 Å². The lowest BCUT2D eigenvalue weighted by molar-refractivity contribution is -0.0377. The lowest BCUT2D eigenvalue weighted by atomic mass is 9.72. The number of thiophene rings is 1. The fourth-order valence-electron chi connectivity index (χ4n) is 4.70. The van der Waals surface area contributed by atoms with Gasteiger partial charge in [-0.15, -0.1) is 11.3 Å². The monoisotopic (exact) mass is 370 g/mol. The van der Waals surface area contributed by atoms with Gasteiger partial charge in [-0.1, -0.05) is 12.1 Å². The van der Waals surface area contributed by atoms with Crippen molar-refractivity contribution >= 4 is 27.3 Å². The van der Waals surface area contributed by atoms with Crippen molar-refractivity contribution in [3.05, 3.63) is 29.1 Å². The van der Waals surface area contributed by atoms with Crippen LogP contribution in [0.25, 0.3) is 10.1 Å². The first-order valence-corrected chi connectivity index (χ1v) is 10.6. The highest BCUT2D eigenvalue weighted by Gasteiger charge is 2.48. The molecule has 4 nitrogen and oxygen atoms in total. The fraction of sp³-hybridized carbons (Fsp3) is 0.571. The van der Waals surface area contributed by atoms with E-state index in [-0.39, 0.29) is 17.5 Å². The number of benzene rings is 1. The van der Waals surface area contributed by atoms with Gasteiger partial charge in [0.15, 0.2) is 0 Å². The molecular formula is C21H26N2O2S. The quantitative estimate of drug-likeness (QED) is 0.883. The van der Waals surface area contributed by atoms with Crippen LogP contribution in [-0.4, -0.2) is 41.6 Å². The van der Waals surface area contributed by atoms with Crippen LogP contribution in [0.15, 0.2) is 24.3 Å². The summed E-state index contributed by atoms with van der Waals surface area (Å²) in [7, 11) is 0. The van der Waals surface area contributed by atoms with Gasteiger partial charge in [0.2, 0.25) is 0 Å². The van der Waals surface area contributed by atoms with Crippen molar-refractivity contribution in [3.8, 4) is 5.75 Å². The minimum atomic E-state index is 0.0355. The molecule has 4 fully saturated rings. The Hall–Kier alpha value is -1.59. The second kappa shape index (κ2) is 5.96. The van der Waals surface area contributed by atoms with Gasteiger partial charge in [-0.05, 0) is 76.1 Å². The van der Waals surface area contributed by atoms with Crippen molar-refractivity contribution in [3.63, 3.8) is 0 Å². The smallest absolute Gasteiger partial charge is 0.261 e. The summed E-state index contributed by atoms with van der Waals surface area (Å²) in [5.41, 5.74) is 0.0355. The van der Waals surface area contributed by atoms with E-state index in [2.05, 4.69) is 30.1 Å². The van der Waals surface area contributed by atoms with Gasteiger partial charge in [0.1, 0.15) is 5.75 Å². The number of hydrogen-bond acceptors (Lipinski definition) is 4. The minimum absolute atomic E-state index is 0.0355. The molecule has 4 heterocycles. The number of fused-ring (bicyclic) bond motifs is 4. The first-order valence-electron chi connectivity index (χ1n) is 9.77. The van der Waals surface area contributed by atoms with E-state index in [0.29, 0.717) is 12.0 Å². The zero-order valence-corrected chi connectivity index (χ0v) is 16.3. The summed E-state index contributed by atoms with van der Waals surface area (Å²) in [6, 6.07) is 8.36. The van der Waals surface area contributed by atoms with E-state index in [1.165, 1.54) is 12.8 Å². The molecule has 1 aliphatic carbocycles. The summed E-state index contributed by atoms with van der Waals surface area (Å²) in [6.45, 7) is 6.87. The molecule has 138 valence electrons. The molecule has 1 atom stereocenters. The van der Waals surface area contributed by atoms with Crippen molar-refractivity contribution in [1.82, 2.24) is 10.2 Å². The van der Waals surface area contributed by atoms with Crippen LogP contribution in [0.3, 0.4) is 0 Å². The molecule has 3 saturated heterocycles. The number of piperidine rings is 3. The molecule has 0 unspecified atom stereocenters. The largest absolute Gasteiger partial charge is 0.489 e. The van der Waals surface area contributed by atoms with E-state index in [1.54, 1.807) is 11.3 Å². The summed E-state index contributed by atoms with van der Waals surface area (Å²) < 4.78 is 7.12. The van der Waals surface area contributed by atoms with Gasteiger partial charge < -0.3 is 10.1 Å². The molecule has 1 aromatic heterocycles. The first-order chi connectivity index (χ1) is 12.5. The molecule has 2 bridgehead atoms. The Bertz CT molecular complexity index is 847. The number of hydrogen-bond donors (Lipinski definition) is 1. The molecule has 3 aliphatic heterocycles. The van der Waals surface area contributed by atoms with Crippen LogP contribution in [0.1, 0.15) is 49.2 Å². The Morgan fingerprint density at radius 2 is 2.00 bits per heavy atom. The van der Waals surface area contributed by atoms with Crippen LogP contribution >= 0.6 is 11.3 Å². The maximum atomic E-state index is 13.0. The van der Waals surface area contributed by atoms with Crippen LogP contribution in [-0.2, 0) is 0 Å². The van der Waals surface area contributed by atoms with E-state index >= 15 is 0 Å². The maximum absolute atomic E-state index is 13.0. The molecule has 5 heteroatoms.